The van der Waals surface area contributed by atoms with Crippen LogP contribution in [0.2, 0.25) is 5.02 Å². The van der Waals surface area contributed by atoms with Gasteiger partial charge in [0.2, 0.25) is 0 Å². The van der Waals surface area contributed by atoms with Gasteiger partial charge in [0.05, 0.1) is 15.4 Å². The molecule has 2 aromatic carbocycles. The standard InChI is InChI=1S/C27H31ClN2O3S/c1-27(2,3)30-26(32)25-23(28)20-10-7-11-21(24(20)34-25)29-22(31)16-33-19-14-12-18(13-15-19)17-8-5-4-6-9-17/h7,10-15,17H,4-6,8-9,16H2,1-3H3,(H,29,31)(H,30,32). The monoisotopic (exact) mass is 498 g/mol. The summed E-state index contributed by atoms with van der Waals surface area (Å²) < 4.78 is 6.48. The topological polar surface area (TPSA) is 67.4 Å². The van der Waals surface area contributed by atoms with Crippen molar-refractivity contribution in [2.75, 3.05) is 11.9 Å². The molecule has 2 N–H and O–H groups in total. The minimum Gasteiger partial charge on any atom is -0.484 e. The summed E-state index contributed by atoms with van der Waals surface area (Å²) in [6.45, 7) is 5.65. The largest absolute Gasteiger partial charge is 0.484 e. The maximum atomic E-state index is 12.7. The van der Waals surface area contributed by atoms with E-state index in [1.165, 1.54) is 49.0 Å². The predicted octanol–water partition coefficient (Wildman–Crippen LogP) is 7.15. The van der Waals surface area contributed by atoms with Crippen LogP contribution in [0.15, 0.2) is 42.5 Å². The van der Waals surface area contributed by atoms with E-state index < -0.39 is 0 Å². The Morgan fingerprint density at radius 1 is 1.06 bits per heavy atom. The van der Waals surface area contributed by atoms with Gasteiger partial charge in [-0.1, -0.05) is 55.1 Å². The van der Waals surface area contributed by atoms with Crippen LogP contribution in [0.4, 0.5) is 5.69 Å². The van der Waals surface area contributed by atoms with Crippen LogP contribution in [0.3, 0.4) is 0 Å². The fourth-order valence-electron chi connectivity index (χ4n) is 4.34. The van der Waals surface area contributed by atoms with E-state index >= 15 is 0 Å². The Morgan fingerprint density at radius 2 is 1.76 bits per heavy atom. The Morgan fingerprint density at radius 3 is 2.44 bits per heavy atom. The maximum absolute atomic E-state index is 12.7. The van der Waals surface area contributed by atoms with E-state index in [1.54, 1.807) is 6.07 Å². The summed E-state index contributed by atoms with van der Waals surface area (Å²) in [5, 5.41) is 6.98. The van der Waals surface area contributed by atoms with E-state index in [0.717, 1.165) is 10.1 Å². The molecule has 3 aromatic rings. The van der Waals surface area contributed by atoms with Crippen LogP contribution in [0, 0.1) is 0 Å². The van der Waals surface area contributed by atoms with Crippen molar-refractivity contribution in [2.45, 2.75) is 64.3 Å². The first kappa shape index (κ1) is 24.6. The smallest absolute Gasteiger partial charge is 0.263 e. The second-order valence-corrected chi connectivity index (χ2v) is 11.3. The van der Waals surface area contributed by atoms with E-state index in [9.17, 15) is 9.59 Å². The van der Waals surface area contributed by atoms with Crippen molar-refractivity contribution >= 4 is 50.5 Å². The SMILES string of the molecule is CC(C)(C)NC(=O)c1sc2c(NC(=O)COc3ccc(C4CCCCC4)cc3)cccc2c1Cl. The maximum Gasteiger partial charge on any atom is 0.263 e. The Kier molecular flexibility index (Phi) is 7.48. The van der Waals surface area contributed by atoms with Gasteiger partial charge in [-0.05, 0) is 63.3 Å². The van der Waals surface area contributed by atoms with E-state index in [2.05, 4.69) is 22.8 Å². The van der Waals surface area contributed by atoms with Gasteiger partial charge in [0.1, 0.15) is 10.6 Å². The van der Waals surface area contributed by atoms with Crippen molar-refractivity contribution in [1.29, 1.82) is 0 Å². The lowest BCUT2D eigenvalue weighted by atomic mass is 9.84. The molecule has 1 saturated carbocycles. The van der Waals surface area contributed by atoms with Gasteiger partial charge in [-0.25, -0.2) is 0 Å². The fourth-order valence-corrected chi connectivity index (χ4v) is 5.81. The third kappa shape index (κ3) is 5.91. The van der Waals surface area contributed by atoms with Crippen LogP contribution in [0.25, 0.3) is 10.1 Å². The highest BCUT2D eigenvalue weighted by atomic mass is 35.5. The number of ether oxygens (including phenoxy) is 1. The van der Waals surface area contributed by atoms with Crippen LogP contribution < -0.4 is 15.4 Å². The number of anilines is 1. The molecule has 34 heavy (non-hydrogen) atoms. The molecule has 0 aliphatic heterocycles. The van der Waals surface area contributed by atoms with Crippen LogP contribution in [0.5, 0.6) is 5.75 Å². The number of nitrogens with one attached hydrogen (secondary N) is 2. The molecule has 0 radical (unpaired) electrons. The number of rotatable bonds is 6. The van der Waals surface area contributed by atoms with Crippen LogP contribution >= 0.6 is 22.9 Å². The number of carbonyl (C=O) groups is 2. The number of carbonyl (C=O) groups excluding carboxylic acids is 2. The van der Waals surface area contributed by atoms with Crippen molar-refractivity contribution < 1.29 is 14.3 Å². The highest BCUT2D eigenvalue weighted by Gasteiger charge is 2.23. The summed E-state index contributed by atoms with van der Waals surface area (Å²) in [4.78, 5) is 25.7. The van der Waals surface area contributed by atoms with Gasteiger partial charge < -0.3 is 15.4 Å². The molecule has 1 aromatic heterocycles. The third-order valence-corrected chi connectivity index (χ3v) is 7.69. The minimum absolute atomic E-state index is 0.102. The molecule has 0 saturated heterocycles. The van der Waals surface area contributed by atoms with Crippen molar-refractivity contribution in [2.24, 2.45) is 0 Å². The fraction of sp³-hybridized carbons (Fsp3) is 0.407. The molecule has 180 valence electrons. The Labute approximate surface area is 209 Å². The molecule has 2 amide bonds. The van der Waals surface area contributed by atoms with Crippen molar-refractivity contribution in [3.05, 3.63) is 57.9 Å². The second-order valence-electron chi connectivity index (χ2n) is 9.87. The minimum atomic E-state index is -0.375. The highest BCUT2D eigenvalue weighted by molar-refractivity contribution is 7.22. The molecule has 4 rings (SSSR count). The molecule has 0 bridgehead atoms. The number of hydrogen-bond acceptors (Lipinski definition) is 4. The average molecular weight is 499 g/mol. The van der Waals surface area contributed by atoms with Crippen LogP contribution in [-0.4, -0.2) is 24.0 Å². The zero-order valence-corrected chi connectivity index (χ0v) is 21.4. The van der Waals surface area contributed by atoms with E-state index in [-0.39, 0.29) is 24.0 Å². The quantitative estimate of drug-likeness (QED) is 0.379. The molecule has 0 unspecified atom stereocenters. The van der Waals surface area contributed by atoms with Gasteiger partial charge in [0.15, 0.2) is 6.61 Å². The van der Waals surface area contributed by atoms with E-state index in [4.69, 9.17) is 16.3 Å². The molecule has 1 fully saturated rings. The molecular weight excluding hydrogens is 468 g/mol. The van der Waals surface area contributed by atoms with Crippen molar-refractivity contribution in [3.63, 3.8) is 0 Å². The van der Waals surface area contributed by atoms with Gasteiger partial charge >= 0.3 is 0 Å². The first-order valence-corrected chi connectivity index (χ1v) is 13.0. The molecule has 1 heterocycles. The van der Waals surface area contributed by atoms with Gasteiger partial charge in [-0.3, -0.25) is 9.59 Å². The van der Waals surface area contributed by atoms with Gasteiger partial charge in [-0.15, -0.1) is 11.3 Å². The van der Waals surface area contributed by atoms with Crippen LogP contribution in [0.1, 0.15) is 74.0 Å². The van der Waals surface area contributed by atoms with Gasteiger partial charge in [-0.2, -0.15) is 0 Å². The molecule has 5 nitrogen and oxygen atoms in total. The lowest BCUT2D eigenvalue weighted by Crippen LogP contribution is -2.40. The third-order valence-electron chi connectivity index (χ3n) is 5.95. The Bertz CT molecular complexity index is 1180. The zero-order valence-electron chi connectivity index (χ0n) is 19.9. The predicted molar refractivity (Wildman–Crippen MR) is 140 cm³/mol. The van der Waals surface area contributed by atoms with Crippen LogP contribution in [-0.2, 0) is 4.79 Å². The zero-order chi connectivity index (χ0) is 24.3. The summed E-state index contributed by atoms with van der Waals surface area (Å²) in [6, 6.07) is 13.6. The number of fused-ring (bicyclic) bond motifs is 1. The molecular formula is C27H31ClN2O3S. The molecule has 1 aliphatic rings. The number of amides is 2. The van der Waals surface area contributed by atoms with E-state index in [1.807, 2.05) is 45.0 Å². The molecule has 7 heteroatoms. The highest BCUT2D eigenvalue weighted by Crippen LogP contribution is 2.39. The number of hydrogen-bond donors (Lipinski definition) is 2. The number of thiophene rings is 1. The molecule has 0 spiro atoms. The van der Waals surface area contributed by atoms with Gasteiger partial charge in [0.25, 0.3) is 11.8 Å². The van der Waals surface area contributed by atoms with Crippen molar-refractivity contribution in [3.8, 4) is 5.75 Å². The summed E-state index contributed by atoms with van der Waals surface area (Å²) in [5.74, 6) is 0.817. The summed E-state index contributed by atoms with van der Waals surface area (Å²) in [7, 11) is 0. The molecule has 0 atom stereocenters. The molecule has 1 aliphatic carbocycles. The summed E-state index contributed by atoms with van der Waals surface area (Å²) >= 11 is 7.78. The Hall–Kier alpha value is -2.57. The normalized spacial score (nSPS) is 14.7. The average Bonchev–Trinajstić information content (AvgIpc) is 3.15. The summed E-state index contributed by atoms with van der Waals surface area (Å²) in [6.07, 6.45) is 6.44. The van der Waals surface area contributed by atoms with Crippen molar-refractivity contribution in [1.82, 2.24) is 5.32 Å². The lowest BCUT2D eigenvalue weighted by Gasteiger charge is -2.22. The van der Waals surface area contributed by atoms with Gasteiger partial charge in [0, 0.05) is 10.9 Å². The second kappa shape index (κ2) is 10.4. The number of benzene rings is 2. The first-order valence-electron chi connectivity index (χ1n) is 11.8. The summed E-state index contributed by atoms with van der Waals surface area (Å²) in [5.41, 5.74) is 1.59. The van der Waals surface area contributed by atoms with E-state index in [0.29, 0.717) is 27.3 Å². The number of halogens is 1. The first-order chi connectivity index (χ1) is 16.2. The lowest BCUT2D eigenvalue weighted by molar-refractivity contribution is -0.118. The Balaban J connectivity index is 1.41.